The topological polar surface area (TPSA) is 50.8 Å². The second-order valence-electron chi connectivity index (χ2n) is 9.18. The van der Waals surface area contributed by atoms with Crippen LogP contribution in [0.4, 0.5) is 0 Å². The van der Waals surface area contributed by atoms with Crippen molar-refractivity contribution >= 4 is 21.9 Å². The van der Waals surface area contributed by atoms with Gasteiger partial charge in [-0.15, -0.1) is 0 Å². The summed E-state index contributed by atoms with van der Waals surface area (Å²) in [6.07, 6.45) is 3.84. The summed E-state index contributed by atoms with van der Waals surface area (Å²) < 4.78 is 5.85. The third kappa shape index (κ3) is 5.71. The van der Waals surface area contributed by atoms with E-state index in [9.17, 15) is 0 Å². The molecule has 4 nitrogen and oxygen atoms in total. The Kier molecular flexibility index (Phi) is 7.81. The Bertz CT molecular complexity index is 1410. The van der Waals surface area contributed by atoms with Gasteiger partial charge in [0.15, 0.2) is 0 Å². The molecular formula is C31H35N3O. The second kappa shape index (κ2) is 11.2. The fraction of sp³-hybridized carbons (Fsp3) is 0.290. The Hall–Kier alpha value is -3.66. The van der Waals surface area contributed by atoms with E-state index in [1.807, 2.05) is 30.5 Å². The van der Waals surface area contributed by atoms with Crippen molar-refractivity contribution in [1.29, 1.82) is 0 Å². The molecule has 2 aromatic heterocycles. The number of rotatable bonds is 6. The molecule has 0 aliphatic rings. The van der Waals surface area contributed by atoms with E-state index in [0.717, 1.165) is 47.6 Å². The van der Waals surface area contributed by atoms with E-state index in [2.05, 4.69) is 92.0 Å². The van der Waals surface area contributed by atoms with Gasteiger partial charge in [-0.25, -0.2) is 4.98 Å². The quantitative estimate of drug-likeness (QED) is 0.275. The lowest BCUT2D eigenvalue weighted by atomic mass is 10.0. The first-order valence-corrected chi connectivity index (χ1v) is 12.6. The molecule has 0 atom stereocenters. The number of nitrogens with one attached hydrogen (secondary N) is 1. The number of imidazole rings is 1. The molecule has 2 heterocycles. The number of H-pyrrole nitrogens is 1. The minimum atomic E-state index is 0.405. The number of para-hydroxylation sites is 1. The zero-order valence-corrected chi connectivity index (χ0v) is 21.4. The van der Waals surface area contributed by atoms with E-state index in [1.165, 1.54) is 27.6 Å². The summed E-state index contributed by atoms with van der Waals surface area (Å²) in [4.78, 5) is 12.3. The van der Waals surface area contributed by atoms with Crippen LogP contribution in [-0.4, -0.2) is 21.6 Å². The predicted molar refractivity (Wildman–Crippen MR) is 147 cm³/mol. The normalized spacial score (nSPS) is 11.0. The fourth-order valence-electron chi connectivity index (χ4n) is 4.11. The summed E-state index contributed by atoms with van der Waals surface area (Å²) in [5, 5.41) is 1.25. The minimum Gasteiger partial charge on any atom is -0.493 e. The van der Waals surface area contributed by atoms with Gasteiger partial charge < -0.3 is 9.72 Å². The van der Waals surface area contributed by atoms with Crippen LogP contribution >= 0.6 is 0 Å². The van der Waals surface area contributed by atoms with E-state index in [1.54, 1.807) is 0 Å². The van der Waals surface area contributed by atoms with Crippen molar-refractivity contribution in [2.24, 2.45) is 0 Å². The zero-order chi connectivity index (χ0) is 24.8. The number of aryl methyl sites for hydroxylation is 2. The highest BCUT2D eigenvalue weighted by Gasteiger charge is 2.09. The van der Waals surface area contributed by atoms with E-state index in [0.29, 0.717) is 5.92 Å². The lowest BCUT2D eigenvalue weighted by Crippen LogP contribution is -1.98. The van der Waals surface area contributed by atoms with E-state index < -0.39 is 0 Å². The van der Waals surface area contributed by atoms with Crippen molar-refractivity contribution in [1.82, 2.24) is 15.0 Å². The van der Waals surface area contributed by atoms with Gasteiger partial charge in [-0.3, -0.25) is 4.98 Å². The first-order valence-electron chi connectivity index (χ1n) is 12.6. The number of benzene rings is 3. The largest absolute Gasteiger partial charge is 0.493 e. The van der Waals surface area contributed by atoms with Gasteiger partial charge in [-0.05, 0) is 78.4 Å². The molecule has 0 radical (unpaired) electrons. The van der Waals surface area contributed by atoms with Gasteiger partial charge in [-0.2, -0.15) is 0 Å². The molecule has 0 unspecified atom stereocenters. The highest BCUT2D eigenvalue weighted by atomic mass is 16.5. The number of hydrogen-bond acceptors (Lipinski definition) is 3. The Morgan fingerprint density at radius 2 is 1.66 bits per heavy atom. The molecule has 5 aromatic rings. The summed E-state index contributed by atoms with van der Waals surface area (Å²) in [6.45, 7) is 11.5. The summed E-state index contributed by atoms with van der Waals surface area (Å²) in [5.41, 5.74) is 8.18. The highest BCUT2D eigenvalue weighted by Crippen LogP contribution is 2.29. The molecule has 0 spiro atoms. The van der Waals surface area contributed by atoms with Crippen LogP contribution in [0.3, 0.4) is 0 Å². The molecule has 3 aromatic carbocycles. The van der Waals surface area contributed by atoms with Crippen LogP contribution < -0.4 is 4.74 Å². The van der Waals surface area contributed by atoms with Crippen LogP contribution in [0.25, 0.3) is 33.1 Å². The maximum atomic E-state index is 5.85. The number of aromatic amines is 1. The van der Waals surface area contributed by atoms with Gasteiger partial charge in [0.05, 0.1) is 23.2 Å². The van der Waals surface area contributed by atoms with E-state index in [4.69, 9.17) is 4.74 Å². The number of aromatic nitrogens is 3. The van der Waals surface area contributed by atoms with Crippen LogP contribution in [0, 0.1) is 6.92 Å². The maximum absolute atomic E-state index is 5.85. The Labute approximate surface area is 208 Å². The van der Waals surface area contributed by atoms with Crippen molar-refractivity contribution in [3.8, 4) is 16.9 Å². The third-order valence-corrected chi connectivity index (χ3v) is 6.15. The Morgan fingerprint density at radius 1 is 0.886 bits per heavy atom. The maximum Gasteiger partial charge on any atom is 0.122 e. The lowest BCUT2D eigenvalue weighted by molar-refractivity contribution is 0.314. The molecule has 1 N–H and O–H groups in total. The van der Waals surface area contributed by atoms with Crippen LogP contribution in [0.5, 0.6) is 5.75 Å². The van der Waals surface area contributed by atoms with E-state index in [-0.39, 0.29) is 0 Å². The van der Waals surface area contributed by atoms with Crippen molar-refractivity contribution in [3.63, 3.8) is 0 Å². The molecule has 0 aliphatic heterocycles. The monoisotopic (exact) mass is 465 g/mol. The van der Waals surface area contributed by atoms with E-state index >= 15 is 0 Å². The van der Waals surface area contributed by atoms with Crippen molar-refractivity contribution in [2.45, 2.75) is 53.4 Å². The van der Waals surface area contributed by atoms with Gasteiger partial charge in [0.2, 0.25) is 0 Å². The molecule has 0 saturated heterocycles. The smallest absolute Gasteiger partial charge is 0.122 e. The summed E-state index contributed by atoms with van der Waals surface area (Å²) in [6, 6.07) is 23.1. The fourth-order valence-corrected chi connectivity index (χ4v) is 4.11. The number of ether oxygens (including phenoxy) is 1. The molecular weight excluding hydrogens is 430 g/mol. The lowest BCUT2D eigenvalue weighted by Gasteiger charge is -2.12. The van der Waals surface area contributed by atoms with Crippen LogP contribution in [0.1, 0.15) is 57.0 Å². The summed E-state index contributed by atoms with van der Waals surface area (Å²) >= 11 is 0. The molecule has 4 heteroatoms. The zero-order valence-electron chi connectivity index (χ0n) is 21.4. The molecule has 0 aliphatic carbocycles. The first-order chi connectivity index (χ1) is 17.0. The first kappa shape index (κ1) is 24.5. The van der Waals surface area contributed by atoms with Crippen molar-refractivity contribution in [3.05, 3.63) is 89.9 Å². The molecule has 0 saturated carbocycles. The highest BCUT2D eigenvalue weighted by molar-refractivity contribution is 5.82. The number of pyridine rings is 1. The predicted octanol–water partition coefficient (Wildman–Crippen LogP) is 8.25. The van der Waals surface area contributed by atoms with Crippen molar-refractivity contribution < 1.29 is 4.74 Å². The molecule has 0 fully saturated rings. The molecule has 35 heavy (non-hydrogen) atoms. The Balaban J connectivity index is 0.000000218. The summed E-state index contributed by atoms with van der Waals surface area (Å²) in [5.74, 6) is 2.45. The van der Waals surface area contributed by atoms with Gasteiger partial charge in [0.25, 0.3) is 0 Å². The minimum absolute atomic E-state index is 0.405. The molecule has 0 bridgehead atoms. The standard InChI is InChI=1S/C21H26N2O.C10H9N/c1-5-11-24-20-10-8-16(12-15(20)6-2)17-7-9-18-19(13-17)23-21(22-18)14(3)4;1-8-6-7-11-10-5-3-2-4-9(8)10/h7-10,12-14H,5-6,11H2,1-4H3,(H,22,23);2-7H,1H3. The number of nitrogens with zero attached hydrogens (tertiary/aromatic N) is 2. The Morgan fingerprint density at radius 3 is 2.40 bits per heavy atom. The molecule has 0 amide bonds. The van der Waals surface area contributed by atoms with Gasteiger partial charge in [-0.1, -0.05) is 58.0 Å². The summed E-state index contributed by atoms with van der Waals surface area (Å²) in [7, 11) is 0. The van der Waals surface area contributed by atoms with Crippen LogP contribution in [0.2, 0.25) is 0 Å². The number of hydrogen-bond donors (Lipinski definition) is 1. The SMILES string of the molecule is CCCOc1ccc(-c2ccc3nc(C(C)C)[nH]c3c2)cc1CC.Cc1ccnc2ccccc12. The van der Waals surface area contributed by atoms with Gasteiger partial charge in [0, 0.05) is 17.5 Å². The molecule has 5 rings (SSSR count). The second-order valence-corrected chi connectivity index (χ2v) is 9.18. The molecule has 180 valence electrons. The van der Waals surface area contributed by atoms with Gasteiger partial charge >= 0.3 is 0 Å². The number of fused-ring (bicyclic) bond motifs is 2. The van der Waals surface area contributed by atoms with Crippen LogP contribution in [0.15, 0.2) is 72.9 Å². The van der Waals surface area contributed by atoms with Crippen LogP contribution in [-0.2, 0) is 6.42 Å². The average Bonchev–Trinajstić information content (AvgIpc) is 3.32. The average molecular weight is 466 g/mol. The van der Waals surface area contributed by atoms with Crippen molar-refractivity contribution in [2.75, 3.05) is 6.61 Å². The third-order valence-electron chi connectivity index (χ3n) is 6.15. The van der Waals surface area contributed by atoms with Gasteiger partial charge in [0.1, 0.15) is 11.6 Å².